The molecule has 1 N–H and O–H groups in total. The van der Waals surface area contributed by atoms with E-state index in [1.807, 2.05) is 24.1 Å². The summed E-state index contributed by atoms with van der Waals surface area (Å²) in [4.78, 5) is 0. The van der Waals surface area contributed by atoms with Crippen molar-refractivity contribution in [3.05, 3.63) is 59.5 Å². The minimum Gasteiger partial charge on any atom is -0.347 e. The van der Waals surface area contributed by atoms with E-state index in [0.717, 1.165) is 29.4 Å². The van der Waals surface area contributed by atoms with Gasteiger partial charge in [-0.2, -0.15) is 5.26 Å². The van der Waals surface area contributed by atoms with Crippen molar-refractivity contribution in [2.24, 2.45) is 5.41 Å². The first-order valence-corrected chi connectivity index (χ1v) is 10.9. The van der Waals surface area contributed by atoms with E-state index in [-0.39, 0.29) is 11.2 Å². The number of hydrogen-bond donors (Lipinski definition) is 1. The maximum absolute atomic E-state index is 14.6. The second-order valence-corrected chi connectivity index (χ2v) is 10.2. The van der Waals surface area contributed by atoms with Crippen molar-refractivity contribution >= 4 is 22.9 Å². The van der Waals surface area contributed by atoms with Gasteiger partial charge in [0.15, 0.2) is 0 Å². The Bertz CT molecular complexity index is 1080. The smallest absolute Gasteiger partial charge is 0.132 e. The summed E-state index contributed by atoms with van der Waals surface area (Å²) in [5, 5.41) is 11.4. The maximum atomic E-state index is 14.6. The third-order valence-corrected chi connectivity index (χ3v) is 6.18. The summed E-state index contributed by atoms with van der Waals surface area (Å²) in [5.41, 5.74) is 3.93. The molecule has 0 saturated heterocycles. The normalized spacial score (nSPS) is 14.3. The first-order chi connectivity index (χ1) is 13.9. The van der Waals surface area contributed by atoms with Crippen molar-refractivity contribution in [2.45, 2.75) is 52.0 Å². The molecular weight excluding hydrogens is 381 g/mol. The summed E-state index contributed by atoms with van der Waals surface area (Å²) in [6, 6.07) is 12.8. The molecule has 3 nitrogen and oxygen atoms in total. The lowest BCUT2D eigenvalue weighted by Gasteiger charge is -2.20. The maximum Gasteiger partial charge on any atom is 0.132 e. The standard InChI is InChI=1S/C24H26FN3S/c1-24(2,3)15-28-14-18(13-27-29-19-8-9-19)20-10-7-16(11-22(20)28)23-17(12-26)5-4-6-21(23)25/h4-7,10-11,14,19,27H,8-9,13,15H2,1-3H3. The van der Waals surface area contributed by atoms with Crippen molar-refractivity contribution in [3.63, 3.8) is 0 Å². The zero-order valence-corrected chi connectivity index (χ0v) is 17.9. The fraction of sp³-hybridized carbons (Fsp3) is 0.375. The van der Waals surface area contributed by atoms with E-state index in [9.17, 15) is 9.65 Å². The van der Waals surface area contributed by atoms with Crippen molar-refractivity contribution in [1.82, 2.24) is 9.29 Å². The zero-order valence-electron chi connectivity index (χ0n) is 17.1. The van der Waals surface area contributed by atoms with Gasteiger partial charge in [0.2, 0.25) is 0 Å². The number of halogens is 1. The lowest BCUT2D eigenvalue weighted by atomic mass is 9.96. The Morgan fingerprint density at radius 2 is 2.03 bits per heavy atom. The van der Waals surface area contributed by atoms with E-state index in [1.54, 1.807) is 12.1 Å². The van der Waals surface area contributed by atoms with Crippen LogP contribution in [0.25, 0.3) is 22.0 Å². The van der Waals surface area contributed by atoms with Crippen molar-refractivity contribution in [3.8, 4) is 17.2 Å². The molecule has 1 fully saturated rings. The lowest BCUT2D eigenvalue weighted by molar-refractivity contribution is 0.349. The molecule has 1 aromatic heterocycles. The van der Waals surface area contributed by atoms with E-state index in [4.69, 9.17) is 0 Å². The summed E-state index contributed by atoms with van der Waals surface area (Å²) < 4.78 is 20.4. The summed E-state index contributed by atoms with van der Waals surface area (Å²) in [5.74, 6) is -0.361. The number of nitriles is 1. The Kier molecular flexibility index (Phi) is 5.42. The third kappa shape index (κ3) is 4.49. The third-order valence-electron chi connectivity index (χ3n) is 5.07. The molecule has 0 atom stereocenters. The molecule has 1 aliphatic rings. The first kappa shape index (κ1) is 20.0. The number of benzene rings is 2. The molecule has 1 aliphatic carbocycles. The second kappa shape index (κ2) is 7.85. The molecule has 0 radical (unpaired) electrons. The van der Waals surface area contributed by atoms with E-state index in [0.29, 0.717) is 11.1 Å². The Morgan fingerprint density at radius 1 is 1.24 bits per heavy atom. The van der Waals surface area contributed by atoms with Crippen molar-refractivity contribution in [1.29, 1.82) is 5.26 Å². The summed E-state index contributed by atoms with van der Waals surface area (Å²) in [6.45, 7) is 8.32. The molecule has 0 aliphatic heterocycles. The minimum atomic E-state index is -0.361. The minimum absolute atomic E-state index is 0.116. The van der Waals surface area contributed by atoms with Crippen molar-refractivity contribution < 1.29 is 4.39 Å². The zero-order chi connectivity index (χ0) is 20.6. The topological polar surface area (TPSA) is 40.8 Å². The number of rotatable bonds is 6. The monoisotopic (exact) mass is 407 g/mol. The second-order valence-electron chi connectivity index (χ2n) is 8.99. The van der Waals surface area contributed by atoms with Crippen LogP contribution in [0, 0.1) is 22.6 Å². The molecule has 0 spiro atoms. The summed E-state index contributed by atoms with van der Waals surface area (Å²) in [7, 11) is 0. The average molecular weight is 408 g/mol. The predicted molar refractivity (Wildman–Crippen MR) is 119 cm³/mol. The van der Waals surface area contributed by atoms with E-state index in [2.05, 4.69) is 48.4 Å². The molecular formula is C24H26FN3S. The van der Waals surface area contributed by atoms with Gasteiger partial charge < -0.3 is 4.57 Å². The molecule has 29 heavy (non-hydrogen) atoms. The highest BCUT2D eigenvalue weighted by Crippen LogP contribution is 2.34. The largest absolute Gasteiger partial charge is 0.347 e. The van der Waals surface area contributed by atoms with Gasteiger partial charge in [-0.3, -0.25) is 4.72 Å². The van der Waals surface area contributed by atoms with Crippen LogP contribution >= 0.6 is 11.9 Å². The average Bonchev–Trinajstić information content (AvgIpc) is 3.43. The van der Waals surface area contributed by atoms with Gasteiger partial charge in [-0.05, 0) is 47.6 Å². The van der Waals surface area contributed by atoms with E-state index >= 15 is 0 Å². The Hall–Kier alpha value is -2.29. The quantitative estimate of drug-likeness (QED) is 0.490. The molecule has 0 bridgehead atoms. The van der Waals surface area contributed by atoms with Crippen LogP contribution in [-0.4, -0.2) is 9.82 Å². The molecule has 4 rings (SSSR count). The van der Waals surface area contributed by atoms with Crippen LogP contribution in [0.4, 0.5) is 4.39 Å². The van der Waals surface area contributed by atoms with Gasteiger partial charge in [0.05, 0.1) is 11.6 Å². The fourth-order valence-electron chi connectivity index (χ4n) is 3.64. The molecule has 3 aromatic rings. The van der Waals surface area contributed by atoms with Crippen LogP contribution in [0.15, 0.2) is 42.6 Å². The van der Waals surface area contributed by atoms with Crippen LogP contribution in [0.2, 0.25) is 0 Å². The molecule has 1 saturated carbocycles. The highest BCUT2D eigenvalue weighted by Gasteiger charge is 2.22. The van der Waals surface area contributed by atoms with Crippen LogP contribution in [-0.2, 0) is 13.1 Å². The van der Waals surface area contributed by atoms with Gasteiger partial charge in [0.25, 0.3) is 0 Å². The SMILES string of the molecule is CC(C)(C)Cn1cc(CNSC2CC2)c2ccc(-c3c(F)cccc3C#N)cc21. The molecule has 1 heterocycles. The van der Waals surface area contributed by atoms with Gasteiger partial charge in [0, 0.05) is 41.0 Å². The van der Waals surface area contributed by atoms with Crippen molar-refractivity contribution in [2.75, 3.05) is 0 Å². The highest BCUT2D eigenvalue weighted by atomic mass is 32.2. The van der Waals surface area contributed by atoms with Crippen LogP contribution < -0.4 is 4.72 Å². The van der Waals surface area contributed by atoms with Crippen LogP contribution in [0.1, 0.15) is 44.7 Å². The summed E-state index contributed by atoms with van der Waals surface area (Å²) >= 11 is 1.83. The van der Waals surface area contributed by atoms with Gasteiger partial charge in [-0.1, -0.05) is 50.9 Å². The number of fused-ring (bicyclic) bond motifs is 1. The number of aromatic nitrogens is 1. The molecule has 5 heteroatoms. The Morgan fingerprint density at radius 3 is 2.72 bits per heavy atom. The van der Waals surface area contributed by atoms with Gasteiger partial charge >= 0.3 is 0 Å². The fourth-order valence-corrected chi connectivity index (χ4v) is 4.49. The van der Waals surface area contributed by atoms with Crippen LogP contribution in [0.3, 0.4) is 0 Å². The number of nitrogens with one attached hydrogen (secondary N) is 1. The predicted octanol–water partition coefficient (Wildman–Crippen LogP) is 6.27. The molecule has 150 valence electrons. The van der Waals surface area contributed by atoms with Gasteiger partial charge in [0.1, 0.15) is 5.82 Å². The number of nitrogens with zero attached hydrogens (tertiary/aromatic N) is 2. The molecule has 0 unspecified atom stereocenters. The number of hydrogen-bond acceptors (Lipinski definition) is 3. The van der Waals surface area contributed by atoms with E-state index < -0.39 is 0 Å². The highest BCUT2D eigenvalue weighted by molar-refractivity contribution is 7.98. The Labute approximate surface area is 176 Å². The molecule has 2 aromatic carbocycles. The van der Waals surface area contributed by atoms with Gasteiger partial charge in [-0.25, -0.2) is 4.39 Å². The van der Waals surface area contributed by atoms with E-state index in [1.165, 1.54) is 29.9 Å². The Balaban J connectivity index is 1.78. The first-order valence-electron chi connectivity index (χ1n) is 10.0. The molecule has 0 amide bonds. The lowest BCUT2D eigenvalue weighted by Crippen LogP contribution is -2.14. The van der Waals surface area contributed by atoms with Gasteiger partial charge in [-0.15, -0.1) is 0 Å². The van der Waals surface area contributed by atoms with Crippen LogP contribution in [0.5, 0.6) is 0 Å². The summed E-state index contributed by atoms with van der Waals surface area (Å²) in [6.07, 6.45) is 4.82.